The molecule has 3 rings (SSSR count). The minimum Gasteiger partial charge on any atom is -0.324 e. The molecular formula is C17H15BrN6O3S. The van der Waals surface area contributed by atoms with Crippen LogP contribution >= 0.6 is 27.3 Å². The third-order valence-corrected chi connectivity index (χ3v) is 5.06. The third-order valence-electron chi connectivity index (χ3n) is 3.57. The Morgan fingerprint density at radius 3 is 2.89 bits per heavy atom. The largest absolute Gasteiger partial charge is 0.324 e. The molecule has 0 saturated heterocycles. The Labute approximate surface area is 172 Å². The zero-order valence-electron chi connectivity index (χ0n) is 14.7. The maximum Gasteiger partial charge on any atom is 0.271 e. The van der Waals surface area contributed by atoms with E-state index in [1.807, 2.05) is 6.92 Å². The van der Waals surface area contributed by atoms with Gasteiger partial charge in [-0.05, 0) is 19.1 Å². The van der Waals surface area contributed by atoms with Gasteiger partial charge in [-0.1, -0.05) is 33.3 Å². The average molecular weight is 463 g/mol. The summed E-state index contributed by atoms with van der Waals surface area (Å²) in [6, 6.07) is 7.83. The van der Waals surface area contributed by atoms with E-state index >= 15 is 0 Å². The quantitative estimate of drug-likeness (QED) is 0.305. The minimum absolute atomic E-state index is 0.0247. The summed E-state index contributed by atoms with van der Waals surface area (Å²) < 4.78 is 0. The van der Waals surface area contributed by atoms with Gasteiger partial charge in [0.05, 0.1) is 21.2 Å². The molecule has 1 amide bonds. The monoisotopic (exact) mass is 462 g/mol. The van der Waals surface area contributed by atoms with Crippen LogP contribution in [0.25, 0.3) is 10.6 Å². The lowest BCUT2D eigenvalue weighted by atomic mass is 10.3. The summed E-state index contributed by atoms with van der Waals surface area (Å²) in [5.74, 6) is 0.184. The fourth-order valence-electron chi connectivity index (χ4n) is 2.33. The third kappa shape index (κ3) is 4.87. The Kier molecular flexibility index (Phi) is 6.26. The number of nitro benzene ring substituents is 1. The van der Waals surface area contributed by atoms with E-state index in [0.29, 0.717) is 34.2 Å². The average Bonchev–Trinajstić information content (AvgIpc) is 3.02. The van der Waals surface area contributed by atoms with E-state index < -0.39 is 4.92 Å². The molecule has 28 heavy (non-hydrogen) atoms. The van der Waals surface area contributed by atoms with Crippen LogP contribution in [-0.2, 0) is 4.79 Å². The fourth-order valence-corrected chi connectivity index (χ4v) is 3.64. The smallest absolute Gasteiger partial charge is 0.271 e. The highest BCUT2D eigenvalue weighted by atomic mass is 79.9. The number of carbonyl (C=O) groups excluding carboxylic acids is 1. The Morgan fingerprint density at radius 2 is 2.14 bits per heavy atom. The van der Waals surface area contributed by atoms with Crippen molar-refractivity contribution in [2.24, 2.45) is 0 Å². The molecule has 2 N–H and O–H groups in total. The Hall–Kier alpha value is -2.92. The predicted molar refractivity (Wildman–Crippen MR) is 111 cm³/mol. The molecule has 0 unspecified atom stereocenters. The van der Waals surface area contributed by atoms with Gasteiger partial charge in [-0.3, -0.25) is 14.9 Å². The molecule has 1 aromatic carbocycles. The van der Waals surface area contributed by atoms with E-state index in [1.54, 1.807) is 24.4 Å². The molecule has 0 saturated carbocycles. The second-order valence-corrected chi connectivity index (χ2v) is 7.41. The number of hydrogen-bond donors (Lipinski definition) is 2. The maximum absolute atomic E-state index is 11.7. The first-order valence-electron chi connectivity index (χ1n) is 8.14. The maximum atomic E-state index is 11.7. The Balaban J connectivity index is 1.82. The van der Waals surface area contributed by atoms with Gasteiger partial charge in [0.25, 0.3) is 5.69 Å². The number of alkyl halides is 1. The summed E-state index contributed by atoms with van der Waals surface area (Å²) in [6.45, 7) is 1.84. The second kappa shape index (κ2) is 8.85. The van der Waals surface area contributed by atoms with E-state index in [0.717, 1.165) is 10.6 Å². The van der Waals surface area contributed by atoms with Gasteiger partial charge in [0.15, 0.2) is 5.13 Å². The number of anilines is 3. The molecule has 0 radical (unpaired) electrons. The number of nitrogens with one attached hydrogen (secondary N) is 2. The summed E-state index contributed by atoms with van der Waals surface area (Å²) in [5.41, 5.74) is 1.86. The van der Waals surface area contributed by atoms with E-state index in [1.165, 1.54) is 23.5 Å². The number of halogens is 1. The first-order chi connectivity index (χ1) is 13.5. The highest BCUT2D eigenvalue weighted by molar-refractivity contribution is 9.09. The number of nitrogens with zero attached hydrogens (tertiary/aromatic N) is 4. The highest BCUT2D eigenvalue weighted by Crippen LogP contribution is 2.32. The number of hydrogen-bond acceptors (Lipinski definition) is 8. The summed E-state index contributed by atoms with van der Waals surface area (Å²) in [7, 11) is 0. The van der Waals surface area contributed by atoms with Gasteiger partial charge >= 0.3 is 0 Å². The minimum atomic E-state index is -0.464. The number of carbonyl (C=O) groups is 1. The van der Waals surface area contributed by atoms with Crippen LogP contribution in [0.3, 0.4) is 0 Å². The number of non-ortho nitro benzene ring substituents is 1. The molecule has 0 aliphatic heterocycles. The number of thiazole rings is 1. The summed E-state index contributed by atoms with van der Waals surface area (Å²) in [6.07, 6.45) is 1.95. The predicted octanol–water partition coefficient (Wildman–Crippen LogP) is 4.28. The van der Waals surface area contributed by atoms with Crippen LogP contribution < -0.4 is 10.6 Å². The Bertz CT molecular complexity index is 1030. The van der Waals surface area contributed by atoms with Crippen LogP contribution in [0.5, 0.6) is 0 Å². The molecule has 0 atom stereocenters. The first kappa shape index (κ1) is 19.8. The molecule has 0 spiro atoms. The zero-order chi connectivity index (χ0) is 20.1. The van der Waals surface area contributed by atoms with Crippen molar-refractivity contribution in [2.45, 2.75) is 13.3 Å². The lowest BCUT2D eigenvalue weighted by molar-refractivity contribution is -0.384. The van der Waals surface area contributed by atoms with Gasteiger partial charge in [0.2, 0.25) is 11.9 Å². The van der Waals surface area contributed by atoms with Gasteiger partial charge in [-0.2, -0.15) is 0 Å². The van der Waals surface area contributed by atoms with Crippen molar-refractivity contribution in [3.05, 3.63) is 52.3 Å². The number of benzene rings is 1. The highest BCUT2D eigenvalue weighted by Gasteiger charge is 2.14. The number of aryl methyl sites for hydroxylation is 1. The van der Waals surface area contributed by atoms with E-state index in [4.69, 9.17) is 0 Å². The van der Waals surface area contributed by atoms with Crippen LogP contribution in [0.1, 0.15) is 12.1 Å². The van der Waals surface area contributed by atoms with Crippen molar-refractivity contribution in [3.8, 4) is 10.6 Å². The molecule has 11 heteroatoms. The van der Waals surface area contributed by atoms with Gasteiger partial charge in [-0.25, -0.2) is 15.0 Å². The fraction of sp³-hybridized carbons (Fsp3) is 0.176. The van der Waals surface area contributed by atoms with Crippen molar-refractivity contribution in [1.29, 1.82) is 0 Å². The van der Waals surface area contributed by atoms with Crippen molar-refractivity contribution < 1.29 is 9.72 Å². The molecule has 0 bridgehead atoms. The molecule has 2 heterocycles. The molecule has 2 aromatic heterocycles. The normalized spacial score (nSPS) is 10.5. The van der Waals surface area contributed by atoms with Gasteiger partial charge < -0.3 is 10.6 Å². The summed E-state index contributed by atoms with van der Waals surface area (Å²) in [4.78, 5) is 36.0. The Morgan fingerprint density at radius 1 is 1.32 bits per heavy atom. The molecular weight excluding hydrogens is 448 g/mol. The molecule has 0 aliphatic rings. The zero-order valence-corrected chi connectivity index (χ0v) is 17.1. The van der Waals surface area contributed by atoms with Crippen molar-refractivity contribution in [3.63, 3.8) is 0 Å². The second-order valence-electron chi connectivity index (χ2n) is 5.62. The van der Waals surface area contributed by atoms with E-state index in [-0.39, 0.29) is 11.6 Å². The van der Waals surface area contributed by atoms with E-state index in [9.17, 15) is 14.9 Å². The van der Waals surface area contributed by atoms with Crippen molar-refractivity contribution >= 4 is 55.6 Å². The van der Waals surface area contributed by atoms with Gasteiger partial charge in [-0.15, -0.1) is 0 Å². The van der Waals surface area contributed by atoms with Crippen LogP contribution in [0.2, 0.25) is 0 Å². The SMILES string of the molecule is Cc1nc(NC(=O)CCBr)sc1-c1ccnc(Nc2cccc([N+](=O)[O-])c2)n1. The topological polar surface area (TPSA) is 123 Å². The van der Waals surface area contributed by atoms with Crippen molar-refractivity contribution in [1.82, 2.24) is 15.0 Å². The molecule has 0 aliphatic carbocycles. The molecule has 9 nitrogen and oxygen atoms in total. The van der Waals surface area contributed by atoms with E-state index in [2.05, 4.69) is 41.5 Å². The summed E-state index contributed by atoms with van der Waals surface area (Å²) >= 11 is 4.55. The van der Waals surface area contributed by atoms with Crippen molar-refractivity contribution in [2.75, 3.05) is 16.0 Å². The molecule has 144 valence electrons. The standard InChI is InChI=1S/C17H15BrN6O3S/c1-10-15(28-17(20-10)23-14(25)5-7-18)13-6-8-19-16(22-13)21-11-3-2-4-12(9-11)24(26)27/h2-4,6,8-9H,5,7H2,1H3,(H,19,21,22)(H,20,23,25). The number of nitro groups is 1. The lowest BCUT2D eigenvalue weighted by Gasteiger charge is -2.06. The molecule has 3 aromatic rings. The van der Waals surface area contributed by atoms with Crippen LogP contribution in [-0.4, -0.2) is 31.1 Å². The first-order valence-corrected chi connectivity index (χ1v) is 10.1. The number of aromatic nitrogens is 3. The van der Waals surface area contributed by atoms with Crippen LogP contribution in [0.15, 0.2) is 36.5 Å². The summed E-state index contributed by atoms with van der Waals surface area (Å²) in [5, 5.41) is 17.7. The number of rotatable bonds is 7. The number of amides is 1. The lowest BCUT2D eigenvalue weighted by Crippen LogP contribution is -2.11. The van der Waals surface area contributed by atoms with Gasteiger partial charge in [0, 0.05) is 35.8 Å². The van der Waals surface area contributed by atoms with Gasteiger partial charge in [0.1, 0.15) is 0 Å². The van der Waals surface area contributed by atoms with Crippen LogP contribution in [0.4, 0.5) is 22.5 Å². The van der Waals surface area contributed by atoms with Crippen LogP contribution in [0, 0.1) is 17.0 Å². The molecule has 0 fully saturated rings.